The Morgan fingerprint density at radius 3 is 3.11 bits per heavy atom. The lowest BCUT2D eigenvalue weighted by Gasteiger charge is -2.21. The van der Waals surface area contributed by atoms with Gasteiger partial charge in [-0.1, -0.05) is 11.6 Å². The Balaban J connectivity index is 2.02. The molecular weight excluding hydrogens is 300 g/mol. The van der Waals surface area contributed by atoms with Crippen molar-refractivity contribution in [2.75, 3.05) is 17.2 Å². The Morgan fingerprint density at radius 1 is 1.42 bits per heavy atom. The van der Waals surface area contributed by atoms with Crippen LogP contribution < -0.4 is 4.90 Å². The first-order valence-corrected chi connectivity index (χ1v) is 8.19. The first-order valence-electron chi connectivity index (χ1n) is 5.88. The molecule has 3 nitrogen and oxygen atoms in total. The molecule has 0 saturated heterocycles. The molecule has 6 heteroatoms. The number of nitrogens with zero attached hydrogens (tertiary/aromatic N) is 2. The summed E-state index contributed by atoms with van der Waals surface area (Å²) in [5.74, 6) is 0.961. The molecule has 0 unspecified atom stereocenters. The number of hydrogen-bond acceptors (Lipinski definition) is 4. The first kappa shape index (κ1) is 13.0. The fourth-order valence-electron chi connectivity index (χ4n) is 2.02. The summed E-state index contributed by atoms with van der Waals surface area (Å²) in [4.78, 5) is 19.5. The number of carbonyl (C=O) groups is 1. The minimum absolute atomic E-state index is 0.0488. The van der Waals surface area contributed by atoms with E-state index in [1.165, 1.54) is 11.3 Å². The van der Waals surface area contributed by atoms with Crippen molar-refractivity contribution in [3.8, 4) is 0 Å². The van der Waals surface area contributed by atoms with Crippen LogP contribution in [-0.2, 0) is 0 Å². The summed E-state index contributed by atoms with van der Waals surface area (Å²) < 4.78 is 0. The maximum Gasteiger partial charge on any atom is 0.277 e. The number of fused-ring (bicyclic) bond motifs is 1. The van der Waals surface area contributed by atoms with Crippen LogP contribution in [0.15, 0.2) is 34.0 Å². The molecule has 0 radical (unpaired) electrons. The van der Waals surface area contributed by atoms with Gasteiger partial charge in [-0.2, -0.15) is 0 Å². The van der Waals surface area contributed by atoms with Gasteiger partial charge in [-0.15, -0.1) is 23.1 Å². The van der Waals surface area contributed by atoms with Gasteiger partial charge in [0, 0.05) is 21.8 Å². The Morgan fingerprint density at radius 2 is 2.32 bits per heavy atom. The van der Waals surface area contributed by atoms with Crippen molar-refractivity contribution in [3.63, 3.8) is 0 Å². The van der Waals surface area contributed by atoms with Gasteiger partial charge in [-0.3, -0.25) is 4.79 Å². The van der Waals surface area contributed by atoms with Crippen molar-refractivity contribution in [2.24, 2.45) is 0 Å². The third kappa shape index (κ3) is 2.63. The van der Waals surface area contributed by atoms with Crippen molar-refractivity contribution < 1.29 is 4.79 Å². The Hall–Kier alpha value is -1.04. The van der Waals surface area contributed by atoms with Gasteiger partial charge in [0.2, 0.25) is 0 Å². The molecule has 0 saturated carbocycles. The molecule has 0 fully saturated rings. The van der Waals surface area contributed by atoms with E-state index < -0.39 is 0 Å². The van der Waals surface area contributed by atoms with Gasteiger partial charge in [-0.05, 0) is 30.4 Å². The monoisotopic (exact) mass is 310 g/mol. The highest BCUT2D eigenvalue weighted by molar-refractivity contribution is 7.99. The molecule has 2 heterocycles. The molecule has 0 N–H and O–H groups in total. The normalized spacial score (nSPS) is 14.9. The first-order chi connectivity index (χ1) is 9.25. The second-order valence-electron chi connectivity index (χ2n) is 4.14. The largest absolute Gasteiger partial charge is 0.306 e. The maximum absolute atomic E-state index is 12.5. The fraction of sp³-hybridized carbons (Fsp3) is 0.231. The lowest BCUT2D eigenvalue weighted by molar-refractivity contribution is 0.0982. The van der Waals surface area contributed by atoms with Crippen LogP contribution in [0.5, 0.6) is 0 Å². The second kappa shape index (κ2) is 5.53. The Bertz CT molecular complexity index is 601. The highest BCUT2D eigenvalue weighted by atomic mass is 35.5. The topological polar surface area (TPSA) is 33.2 Å². The van der Waals surface area contributed by atoms with Gasteiger partial charge in [-0.25, -0.2) is 4.98 Å². The number of hydrogen-bond donors (Lipinski definition) is 0. The highest BCUT2D eigenvalue weighted by Crippen LogP contribution is 2.36. The third-order valence-corrected chi connectivity index (χ3v) is 4.86. The van der Waals surface area contributed by atoms with E-state index in [1.54, 1.807) is 27.6 Å². The Kier molecular flexibility index (Phi) is 3.77. The molecule has 1 aliphatic heterocycles. The highest BCUT2D eigenvalue weighted by Gasteiger charge is 2.24. The SMILES string of the molecule is O=C(c1cscn1)N1CCCSc2ccc(Cl)cc21. The van der Waals surface area contributed by atoms with E-state index in [-0.39, 0.29) is 5.91 Å². The zero-order valence-corrected chi connectivity index (χ0v) is 12.4. The van der Waals surface area contributed by atoms with Crippen molar-refractivity contribution in [1.82, 2.24) is 4.98 Å². The zero-order valence-electron chi connectivity index (χ0n) is 10.0. The molecule has 0 bridgehead atoms. The van der Waals surface area contributed by atoms with E-state index in [0.717, 1.165) is 22.8 Å². The van der Waals surface area contributed by atoms with Crippen LogP contribution in [0.2, 0.25) is 5.02 Å². The summed E-state index contributed by atoms with van der Waals surface area (Å²) in [6.07, 6.45) is 0.965. The summed E-state index contributed by atoms with van der Waals surface area (Å²) in [5.41, 5.74) is 3.08. The number of thioether (sulfide) groups is 1. The smallest absolute Gasteiger partial charge is 0.277 e. The molecule has 2 aromatic rings. The summed E-state index contributed by atoms with van der Waals surface area (Å²) in [5, 5.41) is 2.43. The predicted molar refractivity (Wildman–Crippen MR) is 80.6 cm³/mol. The van der Waals surface area contributed by atoms with Crippen molar-refractivity contribution in [2.45, 2.75) is 11.3 Å². The molecule has 19 heavy (non-hydrogen) atoms. The standard InChI is InChI=1S/C13H11ClN2OS2/c14-9-2-3-12-11(6-9)16(4-1-5-19-12)13(17)10-7-18-8-15-10/h2-3,6-8H,1,4-5H2. The molecule has 0 atom stereocenters. The minimum Gasteiger partial charge on any atom is -0.306 e. The number of halogens is 1. The molecule has 0 spiro atoms. The van der Waals surface area contributed by atoms with Crippen LogP contribution in [0.4, 0.5) is 5.69 Å². The van der Waals surface area contributed by atoms with Gasteiger partial charge >= 0.3 is 0 Å². The molecule has 1 aliphatic rings. The van der Waals surface area contributed by atoms with E-state index in [1.807, 2.05) is 18.2 Å². The maximum atomic E-state index is 12.5. The van der Waals surface area contributed by atoms with Crippen molar-refractivity contribution in [3.05, 3.63) is 39.8 Å². The number of rotatable bonds is 1. The van der Waals surface area contributed by atoms with Gasteiger partial charge in [0.05, 0.1) is 11.2 Å². The molecule has 1 aromatic heterocycles. The van der Waals surface area contributed by atoms with Crippen molar-refractivity contribution in [1.29, 1.82) is 0 Å². The van der Waals surface area contributed by atoms with E-state index >= 15 is 0 Å². The number of carbonyl (C=O) groups excluding carboxylic acids is 1. The Labute approximate surface area is 124 Å². The second-order valence-corrected chi connectivity index (χ2v) is 6.44. The number of aromatic nitrogens is 1. The molecule has 3 rings (SSSR count). The lowest BCUT2D eigenvalue weighted by Crippen LogP contribution is -2.32. The van der Waals surface area contributed by atoms with Crippen LogP contribution in [0.25, 0.3) is 0 Å². The lowest BCUT2D eigenvalue weighted by atomic mass is 10.2. The van der Waals surface area contributed by atoms with Crippen LogP contribution in [0.1, 0.15) is 16.9 Å². The summed E-state index contributed by atoms with van der Waals surface area (Å²) in [6.45, 7) is 0.705. The molecule has 98 valence electrons. The van der Waals surface area contributed by atoms with E-state index in [4.69, 9.17) is 11.6 Å². The number of amides is 1. The van der Waals surface area contributed by atoms with Gasteiger partial charge in [0.1, 0.15) is 5.69 Å². The van der Waals surface area contributed by atoms with E-state index in [2.05, 4.69) is 4.98 Å². The third-order valence-electron chi connectivity index (χ3n) is 2.89. The molecule has 0 aliphatic carbocycles. The summed E-state index contributed by atoms with van der Waals surface area (Å²) in [6, 6.07) is 5.71. The number of thiazole rings is 1. The van der Waals surface area contributed by atoms with Crippen LogP contribution >= 0.6 is 34.7 Å². The summed E-state index contributed by atoms with van der Waals surface area (Å²) >= 11 is 9.26. The molecular formula is C13H11ClN2OS2. The van der Waals surface area contributed by atoms with E-state index in [0.29, 0.717) is 17.3 Å². The average Bonchev–Trinajstić information content (AvgIpc) is 2.86. The minimum atomic E-state index is -0.0488. The van der Waals surface area contributed by atoms with Crippen LogP contribution in [0.3, 0.4) is 0 Å². The van der Waals surface area contributed by atoms with E-state index in [9.17, 15) is 4.79 Å². The zero-order chi connectivity index (χ0) is 13.2. The van der Waals surface area contributed by atoms with Crippen LogP contribution in [0, 0.1) is 0 Å². The number of anilines is 1. The average molecular weight is 311 g/mol. The predicted octanol–water partition coefficient (Wildman–Crippen LogP) is 3.94. The van der Waals surface area contributed by atoms with Gasteiger partial charge in [0.25, 0.3) is 5.91 Å². The number of benzene rings is 1. The fourth-order valence-corrected chi connectivity index (χ4v) is 3.68. The quantitative estimate of drug-likeness (QED) is 0.800. The molecule has 1 amide bonds. The van der Waals surface area contributed by atoms with Gasteiger partial charge < -0.3 is 4.90 Å². The van der Waals surface area contributed by atoms with Crippen LogP contribution in [-0.4, -0.2) is 23.2 Å². The van der Waals surface area contributed by atoms with Crippen molar-refractivity contribution >= 4 is 46.3 Å². The summed E-state index contributed by atoms with van der Waals surface area (Å²) in [7, 11) is 0. The molecule has 1 aromatic carbocycles. The van der Waals surface area contributed by atoms with Gasteiger partial charge in [0.15, 0.2) is 0 Å².